The molecule has 2 fully saturated rings. The Bertz CT molecular complexity index is 233. The molecule has 0 aromatic carbocycles. The Kier molecular flexibility index (Phi) is 4.55. The average molecular weight is 213 g/mol. The molecule has 0 bridgehead atoms. The van der Waals surface area contributed by atoms with Gasteiger partial charge in [-0.15, -0.1) is 0 Å². The van der Waals surface area contributed by atoms with Crippen LogP contribution in [0.4, 0.5) is 0 Å². The van der Waals surface area contributed by atoms with Gasteiger partial charge in [0.25, 0.3) is 0 Å². The average Bonchev–Trinajstić information content (AvgIpc) is 2.77. The van der Waals surface area contributed by atoms with E-state index in [0.717, 1.165) is 32.4 Å². The van der Waals surface area contributed by atoms with E-state index in [9.17, 15) is 9.59 Å². The zero-order chi connectivity index (χ0) is 11.3. The van der Waals surface area contributed by atoms with E-state index >= 15 is 0 Å². The molecule has 2 aliphatic heterocycles. The zero-order valence-electron chi connectivity index (χ0n) is 9.16. The Morgan fingerprint density at radius 1 is 1.33 bits per heavy atom. The fourth-order valence-electron chi connectivity index (χ4n) is 1.66. The number of hydrogen-bond acceptors (Lipinski definition) is 3. The molecular weight excluding hydrogens is 194 g/mol. The quantitative estimate of drug-likeness (QED) is 0.634. The maximum atomic E-state index is 10.9. The Labute approximate surface area is 90.0 Å². The van der Waals surface area contributed by atoms with E-state index in [2.05, 4.69) is 5.32 Å². The molecule has 1 unspecified atom stereocenters. The monoisotopic (exact) mass is 213 g/mol. The zero-order valence-corrected chi connectivity index (χ0v) is 9.16. The van der Waals surface area contributed by atoms with Crippen LogP contribution in [0.1, 0.15) is 32.6 Å². The summed E-state index contributed by atoms with van der Waals surface area (Å²) in [6.07, 6.45) is 3.32. The molecule has 2 heterocycles. The lowest BCUT2D eigenvalue weighted by Crippen LogP contribution is -2.40. The third kappa shape index (κ3) is 3.87. The van der Waals surface area contributed by atoms with E-state index in [1.54, 1.807) is 4.90 Å². The smallest absolute Gasteiger partial charge is 0.223 e. The standard InChI is InChI=1S/C6H12N2O.C4H7NO/c1-5(7)8-4-2-3-6(8)9;6-4-2-1-3-5-4/h5H,2-4,7H2,1H3;1-3H2,(H,5,6). The van der Waals surface area contributed by atoms with Crippen LogP contribution in [0.3, 0.4) is 0 Å². The van der Waals surface area contributed by atoms with Crippen molar-refractivity contribution in [1.29, 1.82) is 0 Å². The normalized spacial score (nSPS) is 22.1. The van der Waals surface area contributed by atoms with Gasteiger partial charge in [-0.05, 0) is 19.8 Å². The van der Waals surface area contributed by atoms with Crippen LogP contribution in [0.2, 0.25) is 0 Å². The fraction of sp³-hybridized carbons (Fsp3) is 0.800. The van der Waals surface area contributed by atoms with Crippen LogP contribution in [0.15, 0.2) is 0 Å². The van der Waals surface area contributed by atoms with Gasteiger partial charge in [0.05, 0.1) is 6.17 Å². The van der Waals surface area contributed by atoms with Gasteiger partial charge in [-0.3, -0.25) is 9.59 Å². The number of nitrogens with zero attached hydrogens (tertiary/aromatic N) is 1. The fourth-order valence-corrected chi connectivity index (χ4v) is 1.66. The molecular formula is C10H19N3O2. The first-order valence-corrected chi connectivity index (χ1v) is 5.43. The summed E-state index contributed by atoms with van der Waals surface area (Å²) in [5.74, 6) is 0.403. The maximum absolute atomic E-state index is 10.9. The van der Waals surface area contributed by atoms with Crippen LogP contribution in [-0.2, 0) is 9.59 Å². The van der Waals surface area contributed by atoms with Crippen LogP contribution in [0.25, 0.3) is 0 Å². The minimum atomic E-state index is -0.0972. The molecule has 0 spiro atoms. The minimum Gasteiger partial charge on any atom is -0.356 e. The molecule has 86 valence electrons. The SMILES string of the molecule is CC(N)N1CCCC1=O.O=C1CCCN1. The van der Waals surface area contributed by atoms with E-state index in [1.165, 1.54) is 0 Å². The van der Waals surface area contributed by atoms with Crippen LogP contribution in [-0.4, -0.2) is 36.0 Å². The molecule has 2 saturated heterocycles. The number of likely N-dealkylation sites (tertiary alicyclic amines) is 1. The van der Waals surface area contributed by atoms with E-state index in [4.69, 9.17) is 5.73 Å². The third-order valence-corrected chi connectivity index (χ3v) is 2.50. The van der Waals surface area contributed by atoms with E-state index in [-0.39, 0.29) is 18.0 Å². The summed E-state index contributed by atoms with van der Waals surface area (Å²) < 4.78 is 0. The van der Waals surface area contributed by atoms with Gasteiger partial charge in [0.15, 0.2) is 0 Å². The van der Waals surface area contributed by atoms with Crippen molar-refractivity contribution < 1.29 is 9.59 Å². The molecule has 0 saturated carbocycles. The summed E-state index contributed by atoms with van der Waals surface area (Å²) in [6, 6.07) is 0. The van der Waals surface area contributed by atoms with Crippen molar-refractivity contribution in [3.8, 4) is 0 Å². The molecule has 2 rings (SSSR count). The van der Waals surface area contributed by atoms with Gasteiger partial charge in [0, 0.05) is 25.9 Å². The number of amides is 2. The second-order valence-electron chi connectivity index (χ2n) is 3.88. The summed E-state index contributed by atoms with van der Waals surface area (Å²) in [6.45, 7) is 3.57. The van der Waals surface area contributed by atoms with E-state index in [1.807, 2.05) is 6.92 Å². The summed E-state index contributed by atoms with van der Waals surface area (Å²) in [5, 5.41) is 2.68. The molecule has 2 aliphatic rings. The van der Waals surface area contributed by atoms with Gasteiger partial charge in [-0.2, -0.15) is 0 Å². The Balaban J connectivity index is 0.000000162. The largest absolute Gasteiger partial charge is 0.356 e. The van der Waals surface area contributed by atoms with Gasteiger partial charge in [0.1, 0.15) is 0 Å². The van der Waals surface area contributed by atoms with E-state index < -0.39 is 0 Å². The molecule has 0 aromatic rings. The van der Waals surface area contributed by atoms with Crippen molar-refractivity contribution in [3.05, 3.63) is 0 Å². The van der Waals surface area contributed by atoms with Crippen molar-refractivity contribution in [2.24, 2.45) is 5.73 Å². The van der Waals surface area contributed by atoms with E-state index in [0.29, 0.717) is 6.42 Å². The van der Waals surface area contributed by atoms with Crippen LogP contribution < -0.4 is 11.1 Å². The molecule has 0 aliphatic carbocycles. The van der Waals surface area contributed by atoms with Crippen LogP contribution >= 0.6 is 0 Å². The summed E-state index contributed by atoms with van der Waals surface area (Å²) in [7, 11) is 0. The number of hydrogen-bond donors (Lipinski definition) is 2. The Hall–Kier alpha value is -1.10. The highest BCUT2D eigenvalue weighted by Crippen LogP contribution is 2.09. The van der Waals surface area contributed by atoms with Gasteiger partial charge in [-0.25, -0.2) is 0 Å². The lowest BCUT2D eigenvalue weighted by molar-refractivity contribution is -0.129. The Morgan fingerprint density at radius 3 is 2.27 bits per heavy atom. The van der Waals surface area contributed by atoms with Crippen LogP contribution in [0, 0.1) is 0 Å². The highest BCUT2D eigenvalue weighted by Gasteiger charge is 2.22. The first kappa shape index (κ1) is 12.0. The molecule has 2 amide bonds. The van der Waals surface area contributed by atoms with Gasteiger partial charge in [-0.1, -0.05) is 0 Å². The highest BCUT2D eigenvalue weighted by molar-refractivity contribution is 5.78. The van der Waals surface area contributed by atoms with Gasteiger partial charge in [0.2, 0.25) is 11.8 Å². The number of carbonyl (C=O) groups is 2. The molecule has 5 nitrogen and oxygen atoms in total. The molecule has 0 aromatic heterocycles. The molecule has 3 N–H and O–H groups in total. The lowest BCUT2D eigenvalue weighted by Gasteiger charge is -2.19. The number of carbonyl (C=O) groups excluding carboxylic acids is 2. The topological polar surface area (TPSA) is 75.4 Å². The van der Waals surface area contributed by atoms with Crippen molar-refractivity contribution in [2.45, 2.75) is 38.8 Å². The summed E-state index contributed by atoms with van der Waals surface area (Å²) >= 11 is 0. The van der Waals surface area contributed by atoms with Crippen LogP contribution in [0.5, 0.6) is 0 Å². The third-order valence-electron chi connectivity index (χ3n) is 2.50. The minimum absolute atomic E-state index is 0.0972. The summed E-state index contributed by atoms with van der Waals surface area (Å²) in [4.78, 5) is 22.7. The predicted octanol–water partition coefficient (Wildman–Crippen LogP) is -0.190. The molecule has 0 radical (unpaired) electrons. The second-order valence-corrected chi connectivity index (χ2v) is 3.88. The van der Waals surface area contributed by atoms with Gasteiger partial charge < -0.3 is 16.0 Å². The highest BCUT2D eigenvalue weighted by atomic mass is 16.2. The van der Waals surface area contributed by atoms with Gasteiger partial charge >= 0.3 is 0 Å². The first-order chi connectivity index (χ1) is 7.11. The number of nitrogens with one attached hydrogen (secondary N) is 1. The maximum Gasteiger partial charge on any atom is 0.223 e. The van der Waals surface area contributed by atoms with Crippen molar-refractivity contribution >= 4 is 11.8 Å². The number of nitrogens with two attached hydrogens (primary N) is 1. The van der Waals surface area contributed by atoms with Crippen molar-refractivity contribution in [3.63, 3.8) is 0 Å². The molecule has 15 heavy (non-hydrogen) atoms. The molecule has 5 heteroatoms. The predicted molar refractivity (Wildman–Crippen MR) is 56.8 cm³/mol. The first-order valence-electron chi connectivity index (χ1n) is 5.43. The van der Waals surface area contributed by atoms with Crippen molar-refractivity contribution in [1.82, 2.24) is 10.2 Å². The second kappa shape index (κ2) is 5.70. The Morgan fingerprint density at radius 2 is 2.07 bits per heavy atom. The summed E-state index contributed by atoms with van der Waals surface area (Å²) in [5.41, 5.74) is 5.49. The lowest BCUT2D eigenvalue weighted by atomic mass is 10.4. The number of rotatable bonds is 1. The van der Waals surface area contributed by atoms with Crippen molar-refractivity contribution in [2.75, 3.05) is 13.1 Å². The molecule has 1 atom stereocenters.